The molecule has 0 aromatic rings. The Bertz CT molecular complexity index is 235. The topological polar surface area (TPSA) is 29.3 Å². The van der Waals surface area contributed by atoms with E-state index in [1.165, 1.54) is 57.9 Å². The van der Waals surface area contributed by atoms with Crippen molar-refractivity contribution >= 4 is 0 Å². The molecule has 0 saturated heterocycles. The fourth-order valence-corrected chi connectivity index (χ4v) is 3.51. The fraction of sp³-hybridized carbons (Fsp3) is 1.00. The van der Waals surface area contributed by atoms with E-state index in [9.17, 15) is 0 Å². The SMILES string of the molecule is CC(C)CCN(C1CC1)C1CCCCCC1CN. The fourth-order valence-electron chi connectivity index (χ4n) is 3.51. The maximum absolute atomic E-state index is 6.05. The first-order valence-electron chi connectivity index (χ1n) is 8.18. The summed E-state index contributed by atoms with van der Waals surface area (Å²) in [4.78, 5) is 2.85. The predicted octanol–water partition coefficient (Wildman–Crippen LogP) is 3.40. The Morgan fingerprint density at radius 1 is 1.06 bits per heavy atom. The van der Waals surface area contributed by atoms with Gasteiger partial charge in [0.2, 0.25) is 0 Å². The molecule has 0 heterocycles. The number of hydrogen-bond donors (Lipinski definition) is 1. The van der Waals surface area contributed by atoms with E-state index in [0.29, 0.717) is 0 Å². The van der Waals surface area contributed by atoms with Crippen LogP contribution in [0.4, 0.5) is 0 Å². The molecule has 0 amide bonds. The van der Waals surface area contributed by atoms with Crippen LogP contribution in [0.2, 0.25) is 0 Å². The molecule has 2 fully saturated rings. The number of rotatable bonds is 6. The number of hydrogen-bond acceptors (Lipinski definition) is 2. The van der Waals surface area contributed by atoms with Gasteiger partial charge in [0.1, 0.15) is 0 Å². The summed E-state index contributed by atoms with van der Waals surface area (Å²) in [6, 6.07) is 1.70. The van der Waals surface area contributed by atoms with E-state index in [2.05, 4.69) is 18.7 Å². The summed E-state index contributed by atoms with van der Waals surface area (Å²) in [7, 11) is 0. The highest BCUT2D eigenvalue weighted by Crippen LogP contribution is 2.35. The summed E-state index contributed by atoms with van der Waals surface area (Å²) in [5.41, 5.74) is 6.05. The van der Waals surface area contributed by atoms with Crippen LogP contribution in [-0.2, 0) is 0 Å². The van der Waals surface area contributed by atoms with E-state index in [-0.39, 0.29) is 0 Å². The normalized spacial score (nSPS) is 29.8. The van der Waals surface area contributed by atoms with Gasteiger partial charge in [0, 0.05) is 12.1 Å². The Labute approximate surface area is 113 Å². The molecular weight excluding hydrogens is 220 g/mol. The van der Waals surface area contributed by atoms with Gasteiger partial charge in [-0.2, -0.15) is 0 Å². The van der Waals surface area contributed by atoms with Crippen LogP contribution in [0.5, 0.6) is 0 Å². The monoisotopic (exact) mass is 252 g/mol. The van der Waals surface area contributed by atoms with E-state index in [0.717, 1.165) is 30.5 Å². The lowest BCUT2D eigenvalue weighted by Gasteiger charge is -2.36. The zero-order valence-corrected chi connectivity index (χ0v) is 12.4. The summed E-state index contributed by atoms with van der Waals surface area (Å²) >= 11 is 0. The van der Waals surface area contributed by atoms with E-state index in [4.69, 9.17) is 5.73 Å². The molecule has 2 aliphatic rings. The summed E-state index contributed by atoms with van der Waals surface area (Å²) in [6.45, 7) is 6.90. The van der Waals surface area contributed by atoms with Crippen LogP contribution in [0.1, 0.15) is 65.2 Å². The second-order valence-corrected chi connectivity index (χ2v) is 6.85. The Kier molecular flexibility index (Phi) is 5.50. The van der Waals surface area contributed by atoms with Crippen LogP contribution in [0.25, 0.3) is 0 Å². The van der Waals surface area contributed by atoms with Gasteiger partial charge in [-0.15, -0.1) is 0 Å². The minimum absolute atomic E-state index is 0.764. The minimum atomic E-state index is 0.764. The maximum atomic E-state index is 6.05. The standard InChI is InChI=1S/C16H32N2/c1-13(2)10-11-18(15-8-9-15)16-7-5-3-4-6-14(16)12-17/h13-16H,3-12,17H2,1-2H3. The summed E-state index contributed by atoms with van der Waals surface area (Å²) in [6.07, 6.45) is 11.2. The van der Waals surface area contributed by atoms with Crippen molar-refractivity contribution in [3.05, 3.63) is 0 Å². The van der Waals surface area contributed by atoms with Gasteiger partial charge in [-0.3, -0.25) is 4.90 Å². The van der Waals surface area contributed by atoms with E-state index >= 15 is 0 Å². The van der Waals surface area contributed by atoms with Crippen molar-refractivity contribution in [3.8, 4) is 0 Å². The van der Waals surface area contributed by atoms with Crippen molar-refractivity contribution in [3.63, 3.8) is 0 Å². The third-order valence-corrected chi connectivity index (χ3v) is 4.83. The highest BCUT2D eigenvalue weighted by Gasteiger charge is 2.37. The van der Waals surface area contributed by atoms with Gasteiger partial charge in [-0.05, 0) is 57.0 Å². The minimum Gasteiger partial charge on any atom is -0.330 e. The quantitative estimate of drug-likeness (QED) is 0.734. The van der Waals surface area contributed by atoms with E-state index < -0.39 is 0 Å². The molecule has 0 radical (unpaired) electrons. The first kappa shape index (κ1) is 14.3. The molecule has 0 aliphatic heterocycles. The van der Waals surface area contributed by atoms with Crippen molar-refractivity contribution < 1.29 is 0 Å². The zero-order chi connectivity index (χ0) is 13.0. The lowest BCUT2D eigenvalue weighted by molar-refractivity contribution is 0.120. The lowest BCUT2D eigenvalue weighted by atomic mass is 9.92. The molecule has 0 aromatic carbocycles. The first-order chi connectivity index (χ1) is 8.72. The number of nitrogens with two attached hydrogens (primary N) is 1. The molecule has 0 bridgehead atoms. The number of nitrogens with zero attached hydrogens (tertiary/aromatic N) is 1. The van der Waals surface area contributed by atoms with Crippen molar-refractivity contribution in [1.82, 2.24) is 4.90 Å². The van der Waals surface area contributed by atoms with Gasteiger partial charge >= 0.3 is 0 Å². The zero-order valence-electron chi connectivity index (χ0n) is 12.4. The average Bonchev–Trinajstić information content (AvgIpc) is 3.15. The molecule has 2 rings (SSSR count). The van der Waals surface area contributed by atoms with Crippen molar-refractivity contribution in [2.24, 2.45) is 17.6 Å². The highest BCUT2D eigenvalue weighted by molar-refractivity contribution is 4.92. The third-order valence-electron chi connectivity index (χ3n) is 4.83. The molecular formula is C16H32N2. The molecule has 2 aliphatic carbocycles. The molecule has 2 nitrogen and oxygen atoms in total. The Morgan fingerprint density at radius 2 is 1.78 bits per heavy atom. The van der Waals surface area contributed by atoms with Crippen LogP contribution >= 0.6 is 0 Å². The summed E-state index contributed by atoms with van der Waals surface area (Å²) < 4.78 is 0. The average molecular weight is 252 g/mol. The van der Waals surface area contributed by atoms with Gasteiger partial charge in [0.05, 0.1) is 0 Å². The third kappa shape index (κ3) is 3.96. The van der Waals surface area contributed by atoms with Crippen LogP contribution in [-0.4, -0.2) is 30.1 Å². The molecule has 0 aromatic heterocycles. The summed E-state index contributed by atoms with van der Waals surface area (Å²) in [5, 5.41) is 0. The largest absolute Gasteiger partial charge is 0.330 e. The smallest absolute Gasteiger partial charge is 0.0138 e. The lowest BCUT2D eigenvalue weighted by Crippen LogP contribution is -2.44. The van der Waals surface area contributed by atoms with Crippen LogP contribution in [0.15, 0.2) is 0 Å². The van der Waals surface area contributed by atoms with Crippen molar-refractivity contribution in [1.29, 1.82) is 0 Å². The van der Waals surface area contributed by atoms with Crippen LogP contribution < -0.4 is 5.73 Å². The van der Waals surface area contributed by atoms with Crippen LogP contribution in [0.3, 0.4) is 0 Å². The highest BCUT2D eigenvalue weighted by atomic mass is 15.2. The second-order valence-electron chi connectivity index (χ2n) is 6.85. The van der Waals surface area contributed by atoms with Gasteiger partial charge in [-0.1, -0.05) is 33.1 Å². The molecule has 0 spiro atoms. The Balaban J connectivity index is 1.97. The van der Waals surface area contributed by atoms with E-state index in [1.807, 2.05) is 0 Å². The molecule has 2 heteroatoms. The molecule has 106 valence electrons. The van der Waals surface area contributed by atoms with Crippen molar-refractivity contribution in [2.75, 3.05) is 13.1 Å². The van der Waals surface area contributed by atoms with Gasteiger partial charge < -0.3 is 5.73 Å². The first-order valence-corrected chi connectivity index (χ1v) is 8.18. The Hall–Kier alpha value is -0.0800. The van der Waals surface area contributed by atoms with E-state index in [1.54, 1.807) is 0 Å². The van der Waals surface area contributed by atoms with Gasteiger partial charge in [0.25, 0.3) is 0 Å². The molecule has 2 atom stereocenters. The molecule has 2 unspecified atom stereocenters. The van der Waals surface area contributed by atoms with Crippen LogP contribution in [0, 0.1) is 11.8 Å². The van der Waals surface area contributed by atoms with Crippen molar-refractivity contribution in [2.45, 2.75) is 77.3 Å². The predicted molar refractivity (Wildman–Crippen MR) is 78.6 cm³/mol. The molecule has 2 saturated carbocycles. The van der Waals surface area contributed by atoms with Gasteiger partial charge in [-0.25, -0.2) is 0 Å². The maximum Gasteiger partial charge on any atom is 0.0138 e. The Morgan fingerprint density at radius 3 is 2.39 bits per heavy atom. The molecule has 18 heavy (non-hydrogen) atoms. The van der Waals surface area contributed by atoms with Gasteiger partial charge in [0.15, 0.2) is 0 Å². The second kappa shape index (κ2) is 6.91. The summed E-state index contributed by atoms with van der Waals surface area (Å²) in [5.74, 6) is 1.59. The molecule has 2 N–H and O–H groups in total.